The summed E-state index contributed by atoms with van der Waals surface area (Å²) in [5, 5.41) is 18.2. The van der Waals surface area contributed by atoms with E-state index in [-0.39, 0.29) is 12.1 Å². The minimum Gasteiger partial charge on any atom is -0.378 e. The Kier molecular flexibility index (Phi) is 5.92. The van der Waals surface area contributed by atoms with Gasteiger partial charge in [0.2, 0.25) is 0 Å². The van der Waals surface area contributed by atoms with Crippen LogP contribution in [0.5, 0.6) is 0 Å². The quantitative estimate of drug-likeness (QED) is 0.437. The minimum atomic E-state index is 0.0818. The Bertz CT molecular complexity index is 1390. The lowest BCUT2D eigenvalue weighted by Crippen LogP contribution is -2.33. The number of methoxy groups -OCH3 is 1. The second-order valence-corrected chi connectivity index (χ2v) is 8.95. The van der Waals surface area contributed by atoms with Gasteiger partial charge in [-0.25, -0.2) is 14.5 Å². The standard InChI is InChI=1S/C25H24ClN7O/c1-15-9-18(11-21(26)28-15)23-24(17-6-4-5-16(10-17)12-27)31-33-8-7-22(30-25(23)33)29-19-13-32(2)14-20(19)34-3/h4-11,19-20H,13-14H2,1-3H3,(H,29,30)/t19-,20-/m0/s1. The molecule has 0 amide bonds. The molecule has 4 aromatic rings. The Hall–Kier alpha value is -3.51. The van der Waals surface area contributed by atoms with Crippen LogP contribution in [0, 0.1) is 18.3 Å². The number of nitrogens with zero attached hydrogens (tertiary/aromatic N) is 6. The number of pyridine rings is 1. The first-order chi connectivity index (χ1) is 16.4. The van der Waals surface area contributed by atoms with Gasteiger partial charge in [-0.2, -0.15) is 10.4 Å². The van der Waals surface area contributed by atoms with E-state index in [0.29, 0.717) is 16.4 Å². The number of aromatic nitrogens is 4. The van der Waals surface area contributed by atoms with Crippen molar-refractivity contribution in [2.75, 3.05) is 32.6 Å². The molecule has 1 saturated heterocycles. The molecule has 0 unspecified atom stereocenters. The molecule has 0 radical (unpaired) electrons. The molecule has 172 valence electrons. The van der Waals surface area contributed by atoms with E-state index in [4.69, 9.17) is 26.4 Å². The summed E-state index contributed by atoms with van der Waals surface area (Å²) in [6.45, 7) is 3.63. The molecule has 3 aromatic heterocycles. The lowest BCUT2D eigenvalue weighted by atomic mass is 10.00. The average Bonchev–Trinajstić information content (AvgIpc) is 3.38. The lowest BCUT2D eigenvalue weighted by molar-refractivity contribution is 0.104. The van der Waals surface area contributed by atoms with Crippen molar-refractivity contribution in [1.29, 1.82) is 5.26 Å². The van der Waals surface area contributed by atoms with Gasteiger partial charge in [-0.15, -0.1) is 0 Å². The van der Waals surface area contributed by atoms with Crippen molar-refractivity contribution in [2.45, 2.75) is 19.1 Å². The van der Waals surface area contributed by atoms with Crippen LogP contribution in [-0.4, -0.2) is 63.9 Å². The third-order valence-electron chi connectivity index (χ3n) is 6.05. The third kappa shape index (κ3) is 4.21. The number of anilines is 1. The molecule has 34 heavy (non-hydrogen) atoms. The smallest absolute Gasteiger partial charge is 0.165 e. The van der Waals surface area contributed by atoms with Crippen LogP contribution in [0.15, 0.2) is 48.7 Å². The van der Waals surface area contributed by atoms with Crippen molar-refractivity contribution in [3.63, 3.8) is 0 Å². The molecular weight excluding hydrogens is 450 g/mol. The van der Waals surface area contributed by atoms with Crippen molar-refractivity contribution in [1.82, 2.24) is 24.5 Å². The summed E-state index contributed by atoms with van der Waals surface area (Å²) in [4.78, 5) is 11.5. The SMILES string of the molecule is CO[C@H]1CN(C)C[C@@H]1Nc1ccn2nc(-c3cccc(C#N)c3)c(-c3cc(C)nc(Cl)c3)c2n1. The second kappa shape index (κ2) is 9.03. The topological polar surface area (TPSA) is 91.4 Å². The van der Waals surface area contributed by atoms with Gasteiger partial charge in [0.25, 0.3) is 0 Å². The van der Waals surface area contributed by atoms with Crippen molar-refractivity contribution < 1.29 is 4.74 Å². The van der Waals surface area contributed by atoms with E-state index in [1.54, 1.807) is 17.7 Å². The first-order valence-corrected chi connectivity index (χ1v) is 11.4. The molecule has 4 heterocycles. The summed E-state index contributed by atoms with van der Waals surface area (Å²) in [6.07, 6.45) is 1.97. The van der Waals surface area contributed by atoms with Gasteiger partial charge < -0.3 is 15.0 Å². The Morgan fingerprint density at radius 1 is 1.15 bits per heavy atom. The van der Waals surface area contributed by atoms with Gasteiger partial charge in [0, 0.05) is 37.7 Å². The van der Waals surface area contributed by atoms with Gasteiger partial charge in [0.05, 0.1) is 29.3 Å². The number of likely N-dealkylation sites (tertiary alicyclic amines) is 1. The van der Waals surface area contributed by atoms with E-state index >= 15 is 0 Å². The number of likely N-dealkylation sites (N-methyl/N-ethyl adjacent to an activating group) is 1. The summed E-state index contributed by atoms with van der Waals surface area (Å²) >= 11 is 6.32. The number of benzene rings is 1. The van der Waals surface area contributed by atoms with Crippen LogP contribution in [0.25, 0.3) is 28.0 Å². The summed E-state index contributed by atoms with van der Waals surface area (Å²) < 4.78 is 7.42. The highest BCUT2D eigenvalue weighted by Gasteiger charge is 2.31. The molecule has 8 nitrogen and oxygen atoms in total. The molecule has 9 heteroatoms. The van der Waals surface area contributed by atoms with Crippen LogP contribution in [0.4, 0.5) is 5.82 Å². The third-order valence-corrected chi connectivity index (χ3v) is 6.24. The van der Waals surface area contributed by atoms with Crippen LogP contribution in [-0.2, 0) is 4.74 Å². The second-order valence-electron chi connectivity index (χ2n) is 8.56. The number of rotatable bonds is 5. The number of hydrogen-bond donors (Lipinski definition) is 1. The van der Waals surface area contributed by atoms with E-state index in [9.17, 15) is 5.26 Å². The maximum absolute atomic E-state index is 9.40. The predicted molar refractivity (Wildman–Crippen MR) is 132 cm³/mol. The van der Waals surface area contributed by atoms with Gasteiger partial charge in [-0.05, 0) is 49.9 Å². The fourth-order valence-corrected chi connectivity index (χ4v) is 4.77. The fraction of sp³-hybridized carbons (Fsp3) is 0.280. The summed E-state index contributed by atoms with van der Waals surface area (Å²) in [7, 11) is 3.82. The van der Waals surface area contributed by atoms with Gasteiger partial charge in [-0.3, -0.25) is 0 Å². The molecule has 0 bridgehead atoms. The van der Waals surface area contributed by atoms with Gasteiger partial charge in [-0.1, -0.05) is 23.7 Å². The molecule has 0 aliphatic carbocycles. The molecular formula is C25H24ClN7O. The molecule has 1 aliphatic heterocycles. The molecule has 1 fully saturated rings. The zero-order chi connectivity index (χ0) is 23.8. The van der Waals surface area contributed by atoms with E-state index in [1.807, 2.05) is 49.5 Å². The minimum absolute atomic E-state index is 0.0818. The fourth-order valence-electron chi connectivity index (χ4n) is 4.52. The first-order valence-electron chi connectivity index (χ1n) is 11.0. The van der Waals surface area contributed by atoms with Crippen LogP contribution >= 0.6 is 11.6 Å². The van der Waals surface area contributed by atoms with Crippen LogP contribution in [0.1, 0.15) is 11.3 Å². The average molecular weight is 474 g/mol. The predicted octanol–water partition coefficient (Wildman–Crippen LogP) is 4.03. The number of nitriles is 1. The van der Waals surface area contributed by atoms with Crippen molar-refractivity contribution in [3.05, 3.63) is 65.1 Å². The molecule has 1 N–H and O–H groups in total. The number of ether oxygens (including phenoxy) is 1. The normalized spacial score (nSPS) is 18.3. The van der Waals surface area contributed by atoms with Crippen molar-refractivity contribution in [3.8, 4) is 28.5 Å². The maximum Gasteiger partial charge on any atom is 0.165 e. The molecule has 1 aliphatic rings. The van der Waals surface area contributed by atoms with Gasteiger partial charge >= 0.3 is 0 Å². The number of fused-ring (bicyclic) bond motifs is 1. The van der Waals surface area contributed by atoms with Gasteiger partial charge in [0.1, 0.15) is 16.7 Å². The summed E-state index contributed by atoms with van der Waals surface area (Å²) in [5.74, 6) is 0.741. The molecule has 0 spiro atoms. The van der Waals surface area contributed by atoms with Crippen LogP contribution in [0.3, 0.4) is 0 Å². The van der Waals surface area contributed by atoms with Crippen molar-refractivity contribution in [2.24, 2.45) is 0 Å². The van der Waals surface area contributed by atoms with Crippen LogP contribution in [0.2, 0.25) is 5.15 Å². The zero-order valence-corrected chi connectivity index (χ0v) is 19.9. The molecule has 1 aromatic carbocycles. The van der Waals surface area contributed by atoms with E-state index < -0.39 is 0 Å². The Morgan fingerprint density at radius 3 is 2.76 bits per heavy atom. The zero-order valence-electron chi connectivity index (χ0n) is 19.2. The largest absolute Gasteiger partial charge is 0.378 e. The Balaban J connectivity index is 1.67. The highest BCUT2D eigenvalue weighted by molar-refractivity contribution is 6.29. The lowest BCUT2D eigenvalue weighted by Gasteiger charge is -2.19. The molecule has 0 saturated carbocycles. The summed E-state index contributed by atoms with van der Waals surface area (Å²) in [5.41, 5.74) is 5.29. The number of aryl methyl sites for hydroxylation is 1. The number of hydrogen-bond acceptors (Lipinski definition) is 7. The molecule has 5 rings (SSSR count). The number of halogens is 1. The van der Waals surface area contributed by atoms with E-state index in [2.05, 4.69) is 28.3 Å². The maximum atomic E-state index is 9.40. The summed E-state index contributed by atoms with van der Waals surface area (Å²) in [6, 6.07) is 15.4. The number of nitrogens with one attached hydrogen (secondary N) is 1. The van der Waals surface area contributed by atoms with Crippen LogP contribution < -0.4 is 5.32 Å². The first kappa shape index (κ1) is 22.3. The van der Waals surface area contributed by atoms with E-state index in [0.717, 1.165) is 47.0 Å². The molecule has 2 atom stereocenters. The van der Waals surface area contributed by atoms with Crippen molar-refractivity contribution >= 4 is 23.1 Å². The Labute approximate surface area is 202 Å². The Morgan fingerprint density at radius 2 is 2.00 bits per heavy atom. The van der Waals surface area contributed by atoms with Gasteiger partial charge in [0.15, 0.2) is 5.65 Å². The highest BCUT2D eigenvalue weighted by Crippen LogP contribution is 2.36. The monoisotopic (exact) mass is 473 g/mol. The highest BCUT2D eigenvalue weighted by atomic mass is 35.5. The van der Waals surface area contributed by atoms with E-state index in [1.165, 1.54) is 0 Å².